The van der Waals surface area contributed by atoms with Crippen molar-refractivity contribution in [3.8, 4) is 0 Å². The predicted molar refractivity (Wildman–Crippen MR) is 42.5 cm³/mol. The third kappa shape index (κ3) is 2.02. The molecule has 1 aromatic heterocycles. The van der Waals surface area contributed by atoms with E-state index >= 15 is 0 Å². The fourth-order valence-electron chi connectivity index (χ4n) is 0.669. The van der Waals surface area contributed by atoms with E-state index in [1.54, 1.807) is 6.20 Å². The largest absolute Gasteiger partial charge is 0.261 e. The van der Waals surface area contributed by atoms with E-state index in [9.17, 15) is 0 Å². The average molecular weight is 132 g/mol. The number of hydrogen-bond acceptors (Lipinski definition) is 1. The molecule has 0 atom stereocenters. The summed E-state index contributed by atoms with van der Waals surface area (Å²) in [6, 6.07) is 5.86. The van der Waals surface area contributed by atoms with Crippen LogP contribution in [0.25, 0.3) is 0 Å². The molecule has 0 aliphatic heterocycles. The third-order valence-electron chi connectivity index (χ3n) is 1.15. The van der Waals surface area contributed by atoms with Crippen LogP contribution in [0.1, 0.15) is 12.6 Å². The summed E-state index contributed by atoms with van der Waals surface area (Å²) in [4.78, 5) is 4.11. The normalized spacial score (nSPS) is 10.5. The highest BCUT2D eigenvalue weighted by molar-refractivity contribution is 5.19. The van der Waals surface area contributed by atoms with Crippen molar-refractivity contribution in [2.75, 3.05) is 0 Å². The van der Waals surface area contributed by atoms with Crippen molar-refractivity contribution in [3.05, 3.63) is 48.7 Å². The van der Waals surface area contributed by atoms with Gasteiger partial charge in [-0.15, -0.1) is 0 Å². The maximum Gasteiger partial charge on any atom is 0.0482 e. The summed E-state index contributed by atoms with van der Waals surface area (Å²) in [6.45, 7) is 1.99. The smallest absolute Gasteiger partial charge is 0.0482 e. The molecule has 1 heteroatoms. The summed E-state index contributed by atoms with van der Waals surface area (Å²) < 4.78 is 0. The molecular weight excluding hydrogens is 122 g/mol. The van der Waals surface area contributed by atoms with Gasteiger partial charge in [-0.25, -0.2) is 0 Å². The topological polar surface area (TPSA) is 12.9 Å². The highest BCUT2D eigenvalue weighted by Gasteiger charge is 1.85. The molecule has 0 bridgehead atoms. The number of aromatic nitrogens is 1. The van der Waals surface area contributed by atoms with E-state index in [0.29, 0.717) is 0 Å². The van der Waals surface area contributed by atoms with Crippen LogP contribution in [0.3, 0.4) is 0 Å². The van der Waals surface area contributed by atoms with Gasteiger partial charge in [-0.3, -0.25) is 4.98 Å². The van der Waals surface area contributed by atoms with Crippen molar-refractivity contribution in [2.45, 2.75) is 6.92 Å². The first-order valence-electron chi connectivity index (χ1n) is 3.30. The van der Waals surface area contributed by atoms with Crippen molar-refractivity contribution in [2.24, 2.45) is 0 Å². The summed E-state index contributed by atoms with van der Waals surface area (Å²) in [5.74, 6) is 0. The SMILES string of the molecule is CC=C[CH]c1ccccn1. The van der Waals surface area contributed by atoms with E-state index in [-0.39, 0.29) is 0 Å². The molecule has 0 unspecified atom stereocenters. The van der Waals surface area contributed by atoms with Gasteiger partial charge in [0.1, 0.15) is 0 Å². The van der Waals surface area contributed by atoms with Crippen LogP contribution >= 0.6 is 0 Å². The molecule has 1 rings (SSSR count). The third-order valence-corrected chi connectivity index (χ3v) is 1.15. The zero-order valence-corrected chi connectivity index (χ0v) is 5.99. The molecule has 0 aliphatic carbocycles. The molecular formula is C9H10N. The molecule has 0 aromatic carbocycles. The Labute approximate surface area is 61.4 Å². The van der Waals surface area contributed by atoms with Gasteiger partial charge in [-0.2, -0.15) is 0 Å². The minimum Gasteiger partial charge on any atom is -0.261 e. The predicted octanol–water partition coefficient (Wildman–Crippen LogP) is 2.21. The molecule has 51 valence electrons. The van der Waals surface area contributed by atoms with Gasteiger partial charge in [-0.05, 0) is 19.1 Å². The van der Waals surface area contributed by atoms with E-state index in [4.69, 9.17) is 0 Å². The highest BCUT2D eigenvalue weighted by atomic mass is 14.7. The first-order valence-corrected chi connectivity index (χ1v) is 3.30. The molecule has 0 spiro atoms. The molecule has 1 aromatic rings. The minimum atomic E-state index is 1.00. The molecule has 0 saturated carbocycles. The standard InChI is InChI=1S/C9H10N/c1-2-3-6-9-7-4-5-8-10-9/h2-8H,1H3. The Balaban J connectivity index is 2.59. The van der Waals surface area contributed by atoms with E-state index in [1.807, 2.05) is 43.7 Å². The summed E-state index contributed by atoms with van der Waals surface area (Å²) in [5.41, 5.74) is 1.00. The van der Waals surface area contributed by atoms with Gasteiger partial charge in [0.05, 0.1) is 0 Å². The lowest BCUT2D eigenvalue weighted by molar-refractivity contribution is 1.23. The summed E-state index contributed by atoms with van der Waals surface area (Å²) in [6.07, 6.45) is 7.71. The lowest BCUT2D eigenvalue weighted by Crippen LogP contribution is -1.80. The Morgan fingerprint density at radius 3 is 2.90 bits per heavy atom. The zero-order valence-electron chi connectivity index (χ0n) is 5.99. The van der Waals surface area contributed by atoms with E-state index in [1.165, 1.54) is 0 Å². The number of nitrogens with zero attached hydrogens (tertiary/aromatic N) is 1. The molecule has 0 N–H and O–H groups in total. The van der Waals surface area contributed by atoms with Crippen LogP contribution in [-0.4, -0.2) is 4.98 Å². The van der Waals surface area contributed by atoms with E-state index < -0.39 is 0 Å². The van der Waals surface area contributed by atoms with Gasteiger partial charge in [0, 0.05) is 18.3 Å². The number of rotatable bonds is 2. The first kappa shape index (κ1) is 7.00. The second-order valence-corrected chi connectivity index (χ2v) is 1.95. The highest BCUT2D eigenvalue weighted by Crippen LogP contribution is 1.96. The summed E-state index contributed by atoms with van der Waals surface area (Å²) in [5, 5.41) is 0. The van der Waals surface area contributed by atoms with Crippen LogP contribution in [0.15, 0.2) is 36.5 Å². The zero-order chi connectivity index (χ0) is 7.23. The lowest BCUT2D eigenvalue weighted by Gasteiger charge is -1.90. The molecule has 1 heterocycles. The van der Waals surface area contributed by atoms with Gasteiger partial charge < -0.3 is 0 Å². The molecule has 0 saturated heterocycles. The van der Waals surface area contributed by atoms with Crippen LogP contribution in [-0.2, 0) is 0 Å². The average Bonchev–Trinajstić information content (AvgIpc) is 2.03. The quantitative estimate of drug-likeness (QED) is 0.601. The summed E-state index contributed by atoms with van der Waals surface area (Å²) >= 11 is 0. The maximum atomic E-state index is 4.11. The van der Waals surface area contributed by atoms with Gasteiger partial charge in [0.15, 0.2) is 0 Å². The molecule has 1 radical (unpaired) electrons. The van der Waals surface area contributed by atoms with Gasteiger partial charge in [0.2, 0.25) is 0 Å². The van der Waals surface area contributed by atoms with Crippen molar-refractivity contribution >= 4 is 0 Å². The van der Waals surface area contributed by atoms with Gasteiger partial charge in [-0.1, -0.05) is 18.2 Å². The second-order valence-electron chi connectivity index (χ2n) is 1.95. The van der Waals surface area contributed by atoms with Crippen molar-refractivity contribution < 1.29 is 0 Å². The van der Waals surface area contributed by atoms with Gasteiger partial charge in [0.25, 0.3) is 0 Å². The Morgan fingerprint density at radius 1 is 1.40 bits per heavy atom. The van der Waals surface area contributed by atoms with Crippen LogP contribution in [0.4, 0.5) is 0 Å². The fourth-order valence-corrected chi connectivity index (χ4v) is 0.669. The van der Waals surface area contributed by atoms with Crippen LogP contribution < -0.4 is 0 Å². The molecule has 0 aliphatic rings. The Morgan fingerprint density at radius 2 is 2.30 bits per heavy atom. The maximum absolute atomic E-state index is 4.11. The molecule has 1 nitrogen and oxygen atoms in total. The van der Waals surface area contributed by atoms with Gasteiger partial charge >= 0.3 is 0 Å². The van der Waals surface area contributed by atoms with Crippen molar-refractivity contribution in [3.63, 3.8) is 0 Å². The Hall–Kier alpha value is -1.11. The molecule has 0 amide bonds. The monoisotopic (exact) mass is 132 g/mol. The second kappa shape index (κ2) is 3.83. The van der Waals surface area contributed by atoms with E-state index in [0.717, 1.165) is 5.69 Å². The summed E-state index contributed by atoms with van der Waals surface area (Å²) in [7, 11) is 0. The van der Waals surface area contributed by atoms with Crippen molar-refractivity contribution in [1.82, 2.24) is 4.98 Å². The fraction of sp³-hybridized carbons (Fsp3) is 0.111. The Bertz CT molecular complexity index is 201. The van der Waals surface area contributed by atoms with Crippen LogP contribution in [0.2, 0.25) is 0 Å². The lowest BCUT2D eigenvalue weighted by atomic mass is 10.2. The van der Waals surface area contributed by atoms with Crippen LogP contribution in [0, 0.1) is 6.42 Å². The van der Waals surface area contributed by atoms with E-state index in [2.05, 4.69) is 4.98 Å². The first-order chi connectivity index (χ1) is 4.93. The molecule has 10 heavy (non-hydrogen) atoms. The number of hydrogen-bond donors (Lipinski definition) is 0. The minimum absolute atomic E-state index is 1.00. The van der Waals surface area contributed by atoms with Crippen molar-refractivity contribution in [1.29, 1.82) is 0 Å². The van der Waals surface area contributed by atoms with Crippen LogP contribution in [0.5, 0.6) is 0 Å². The number of allylic oxidation sites excluding steroid dienone is 2. The Kier molecular flexibility index (Phi) is 2.68. The number of pyridine rings is 1. The molecule has 0 fully saturated rings.